The summed E-state index contributed by atoms with van der Waals surface area (Å²) in [4.78, 5) is 25.1. The van der Waals surface area contributed by atoms with Gasteiger partial charge in [0.1, 0.15) is 0 Å². The lowest BCUT2D eigenvalue weighted by Gasteiger charge is -2.33. The number of ether oxygens (including phenoxy) is 1. The molecule has 0 radical (unpaired) electrons. The van der Waals surface area contributed by atoms with Crippen molar-refractivity contribution in [2.24, 2.45) is 5.92 Å². The molecular weight excluding hydrogens is 234 g/mol. The fourth-order valence-electron chi connectivity index (χ4n) is 2.95. The molecule has 0 aromatic carbocycles. The zero-order chi connectivity index (χ0) is 13.1. The van der Waals surface area contributed by atoms with Gasteiger partial charge in [0.25, 0.3) is 0 Å². The number of esters is 1. The quantitative estimate of drug-likeness (QED) is 0.754. The Morgan fingerprint density at radius 1 is 1.39 bits per heavy atom. The number of likely N-dealkylation sites (tertiary alicyclic amines) is 1. The lowest BCUT2D eigenvalue weighted by molar-refractivity contribution is -0.149. The van der Waals surface area contributed by atoms with Crippen LogP contribution in [0.15, 0.2) is 0 Å². The fraction of sp³-hybridized carbons (Fsp3) is 0.846. The number of carbonyl (C=O) groups excluding carboxylic acids is 2. The highest BCUT2D eigenvalue weighted by atomic mass is 16.5. The first-order valence-electron chi connectivity index (χ1n) is 6.76. The SMILES string of the molecule is CCOC(=O)C1CCC(N2CC(O)CC2=O)CC1. The van der Waals surface area contributed by atoms with Crippen molar-refractivity contribution in [3.8, 4) is 0 Å². The van der Waals surface area contributed by atoms with Crippen molar-refractivity contribution in [2.45, 2.75) is 51.2 Å². The number of β-amino-alcohol motifs (C(OH)–C–C–N with tert-alkyl or cyclic N) is 1. The summed E-state index contributed by atoms with van der Waals surface area (Å²) in [6, 6.07) is 0.195. The van der Waals surface area contributed by atoms with E-state index < -0.39 is 6.10 Å². The molecule has 2 rings (SSSR count). The van der Waals surface area contributed by atoms with Crippen LogP contribution in [0, 0.1) is 5.92 Å². The average molecular weight is 255 g/mol. The second-order valence-electron chi connectivity index (χ2n) is 5.16. The summed E-state index contributed by atoms with van der Waals surface area (Å²) in [6.45, 7) is 2.69. The summed E-state index contributed by atoms with van der Waals surface area (Å²) in [6.07, 6.45) is 2.97. The summed E-state index contributed by atoms with van der Waals surface area (Å²) in [5.41, 5.74) is 0. The van der Waals surface area contributed by atoms with Gasteiger partial charge in [0, 0.05) is 12.6 Å². The maximum absolute atomic E-state index is 11.7. The molecule has 1 atom stereocenters. The van der Waals surface area contributed by atoms with Crippen molar-refractivity contribution in [3.05, 3.63) is 0 Å². The van der Waals surface area contributed by atoms with Gasteiger partial charge in [-0.05, 0) is 32.6 Å². The molecule has 0 bridgehead atoms. The predicted octanol–water partition coefficient (Wildman–Crippen LogP) is 0.701. The van der Waals surface area contributed by atoms with Crippen LogP contribution in [0.25, 0.3) is 0 Å². The van der Waals surface area contributed by atoms with Gasteiger partial charge in [0.15, 0.2) is 0 Å². The normalized spacial score (nSPS) is 32.7. The second-order valence-corrected chi connectivity index (χ2v) is 5.16. The molecule has 2 aliphatic rings. The molecular formula is C13H21NO4. The summed E-state index contributed by atoms with van der Waals surface area (Å²) in [7, 11) is 0. The first-order chi connectivity index (χ1) is 8.61. The predicted molar refractivity (Wildman–Crippen MR) is 64.7 cm³/mol. The number of carbonyl (C=O) groups is 2. The molecule has 1 unspecified atom stereocenters. The monoisotopic (exact) mass is 255 g/mol. The second kappa shape index (κ2) is 5.69. The van der Waals surface area contributed by atoms with E-state index in [0.717, 1.165) is 25.7 Å². The van der Waals surface area contributed by atoms with Crippen LogP contribution < -0.4 is 0 Å². The van der Waals surface area contributed by atoms with Crippen LogP contribution in [0.4, 0.5) is 0 Å². The molecule has 0 aromatic heterocycles. The zero-order valence-electron chi connectivity index (χ0n) is 10.8. The zero-order valence-corrected chi connectivity index (χ0v) is 10.8. The third-order valence-corrected chi connectivity index (χ3v) is 3.90. The Kier molecular flexibility index (Phi) is 4.22. The number of nitrogens with zero attached hydrogens (tertiary/aromatic N) is 1. The topological polar surface area (TPSA) is 66.8 Å². The largest absolute Gasteiger partial charge is 0.466 e. The van der Waals surface area contributed by atoms with Crippen molar-refractivity contribution in [1.29, 1.82) is 0 Å². The van der Waals surface area contributed by atoms with E-state index in [-0.39, 0.29) is 30.3 Å². The van der Waals surface area contributed by atoms with Crippen molar-refractivity contribution in [1.82, 2.24) is 4.90 Å². The maximum Gasteiger partial charge on any atom is 0.308 e. The molecule has 1 N–H and O–H groups in total. The van der Waals surface area contributed by atoms with Crippen LogP contribution in [-0.2, 0) is 14.3 Å². The van der Waals surface area contributed by atoms with Crippen molar-refractivity contribution < 1.29 is 19.4 Å². The minimum Gasteiger partial charge on any atom is -0.466 e. The first-order valence-corrected chi connectivity index (χ1v) is 6.76. The summed E-state index contributed by atoms with van der Waals surface area (Å²) < 4.78 is 5.02. The van der Waals surface area contributed by atoms with Crippen molar-refractivity contribution >= 4 is 11.9 Å². The third-order valence-electron chi connectivity index (χ3n) is 3.90. The molecule has 1 saturated heterocycles. The number of rotatable bonds is 3. The van der Waals surface area contributed by atoms with Crippen LogP contribution >= 0.6 is 0 Å². The van der Waals surface area contributed by atoms with Gasteiger partial charge in [-0.15, -0.1) is 0 Å². The molecule has 1 amide bonds. The van der Waals surface area contributed by atoms with Crippen LogP contribution in [0.2, 0.25) is 0 Å². The smallest absolute Gasteiger partial charge is 0.308 e. The molecule has 1 aliphatic carbocycles. The Hall–Kier alpha value is -1.10. The van der Waals surface area contributed by atoms with Crippen LogP contribution in [0.5, 0.6) is 0 Å². The van der Waals surface area contributed by atoms with E-state index in [9.17, 15) is 14.7 Å². The average Bonchev–Trinajstić information content (AvgIpc) is 2.69. The molecule has 1 saturated carbocycles. The molecule has 0 spiro atoms. The summed E-state index contributed by atoms with van der Waals surface area (Å²) in [5.74, 6) is -0.0744. The first kappa shape index (κ1) is 13.3. The van der Waals surface area contributed by atoms with E-state index in [2.05, 4.69) is 0 Å². The Labute approximate surface area is 107 Å². The number of hydrogen-bond donors (Lipinski definition) is 1. The van der Waals surface area contributed by atoms with Crippen molar-refractivity contribution in [3.63, 3.8) is 0 Å². The van der Waals surface area contributed by atoms with Gasteiger partial charge in [0.2, 0.25) is 5.91 Å². The molecule has 1 heterocycles. The van der Waals surface area contributed by atoms with Gasteiger partial charge >= 0.3 is 5.97 Å². The van der Waals surface area contributed by atoms with Crippen molar-refractivity contribution in [2.75, 3.05) is 13.2 Å². The molecule has 5 nitrogen and oxygen atoms in total. The van der Waals surface area contributed by atoms with Crippen LogP contribution in [-0.4, -0.2) is 47.2 Å². The Bertz CT molecular complexity index is 323. The van der Waals surface area contributed by atoms with Crippen LogP contribution in [0.3, 0.4) is 0 Å². The van der Waals surface area contributed by atoms with Gasteiger partial charge in [-0.25, -0.2) is 0 Å². The molecule has 2 fully saturated rings. The van der Waals surface area contributed by atoms with E-state index in [1.165, 1.54) is 0 Å². The Balaban J connectivity index is 1.83. The van der Waals surface area contributed by atoms with E-state index in [4.69, 9.17) is 4.74 Å². The number of hydrogen-bond acceptors (Lipinski definition) is 4. The van der Waals surface area contributed by atoms with Crippen LogP contribution in [0.1, 0.15) is 39.0 Å². The van der Waals surface area contributed by atoms with Gasteiger partial charge in [-0.1, -0.05) is 0 Å². The van der Waals surface area contributed by atoms with E-state index in [0.29, 0.717) is 13.2 Å². The molecule has 1 aliphatic heterocycles. The molecule has 102 valence electrons. The lowest BCUT2D eigenvalue weighted by atomic mass is 9.85. The summed E-state index contributed by atoms with van der Waals surface area (Å²) >= 11 is 0. The minimum atomic E-state index is -0.514. The van der Waals surface area contributed by atoms with Gasteiger partial charge in [0.05, 0.1) is 25.0 Å². The van der Waals surface area contributed by atoms with Gasteiger partial charge in [-0.3, -0.25) is 9.59 Å². The lowest BCUT2D eigenvalue weighted by Crippen LogP contribution is -2.40. The number of amides is 1. The highest BCUT2D eigenvalue weighted by Crippen LogP contribution is 2.30. The Morgan fingerprint density at radius 2 is 2.06 bits per heavy atom. The molecule has 5 heteroatoms. The van der Waals surface area contributed by atoms with Gasteiger partial charge < -0.3 is 14.7 Å². The van der Waals surface area contributed by atoms with E-state index in [1.54, 1.807) is 4.90 Å². The fourth-order valence-corrected chi connectivity index (χ4v) is 2.95. The van der Waals surface area contributed by atoms with E-state index >= 15 is 0 Å². The maximum atomic E-state index is 11.7. The third kappa shape index (κ3) is 2.83. The molecule has 0 aromatic rings. The number of aliphatic hydroxyl groups excluding tert-OH is 1. The number of aliphatic hydroxyl groups is 1. The summed E-state index contributed by atoms with van der Waals surface area (Å²) in [5, 5.41) is 9.47. The molecule has 18 heavy (non-hydrogen) atoms. The minimum absolute atomic E-state index is 0.0103. The standard InChI is InChI=1S/C13H21NO4/c1-2-18-13(17)9-3-5-10(6-4-9)14-8-11(15)7-12(14)16/h9-11,15H,2-8H2,1H3. The Morgan fingerprint density at radius 3 is 2.56 bits per heavy atom. The van der Waals surface area contributed by atoms with Gasteiger partial charge in [-0.2, -0.15) is 0 Å². The highest BCUT2D eigenvalue weighted by molar-refractivity contribution is 5.79. The van der Waals surface area contributed by atoms with E-state index in [1.807, 2.05) is 6.92 Å². The highest BCUT2D eigenvalue weighted by Gasteiger charge is 2.36.